The molecule has 2 rings (SSSR count). The van der Waals surface area contributed by atoms with Gasteiger partial charge in [-0.25, -0.2) is 4.39 Å². The predicted octanol–water partition coefficient (Wildman–Crippen LogP) is 5.83. The third-order valence-corrected chi connectivity index (χ3v) is 3.92. The Bertz CT molecular complexity index is 496. The molecule has 2 atom stereocenters. The first-order valence-corrected chi connectivity index (χ1v) is 7.56. The maximum Gasteiger partial charge on any atom is 0.412 e. The molecule has 0 aliphatic carbocycles. The van der Waals surface area contributed by atoms with Crippen LogP contribution in [0.25, 0.3) is 5.83 Å². The Morgan fingerprint density at radius 1 is 1.23 bits per heavy atom. The molecule has 1 aliphatic rings. The van der Waals surface area contributed by atoms with Gasteiger partial charge in [0.25, 0.3) is 0 Å². The number of alkyl halides is 3. The van der Waals surface area contributed by atoms with E-state index in [9.17, 15) is 17.6 Å². The van der Waals surface area contributed by atoms with Gasteiger partial charge in [-0.3, -0.25) is 0 Å². The molecule has 0 saturated carbocycles. The van der Waals surface area contributed by atoms with Crippen LogP contribution in [-0.2, 0) is 4.74 Å². The number of benzene rings is 1. The normalized spacial score (nSPS) is 23.6. The van der Waals surface area contributed by atoms with Crippen molar-refractivity contribution in [1.29, 1.82) is 0 Å². The van der Waals surface area contributed by atoms with E-state index in [1.54, 1.807) is 12.1 Å². The second kappa shape index (κ2) is 7.27. The molecule has 0 aromatic heterocycles. The van der Waals surface area contributed by atoms with Gasteiger partial charge in [-0.05, 0) is 30.7 Å². The fraction of sp³-hybridized carbons (Fsp3) is 0.529. The molecule has 2 unspecified atom stereocenters. The summed E-state index contributed by atoms with van der Waals surface area (Å²) in [4.78, 5) is 0. The lowest BCUT2D eigenvalue weighted by Gasteiger charge is -2.29. The molecule has 1 aliphatic heterocycles. The topological polar surface area (TPSA) is 9.23 Å². The third kappa shape index (κ3) is 4.83. The third-order valence-electron chi connectivity index (χ3n) is 3.92. The molecule has 1 fully saturated rings. The molecular weight excluding hydrogens is 296 g/mol. The van der Waals surface area contributed by atoms with Crippen LogP contribution in [0.15, 0.2) is 30.3 Å². The zero-order valence-corrected chi connectivity index (χ0v) is 12.5. The van der Waals surface area contributed by atoms with Crippen LogP contribution in [0, 0.1) is 5.92 Å². The van der Waals surface area contributed by atoms with E-state index in [-0.39, 0.29) is 17.7 Å². The molecule has 0 spiro atoms. The monoisotopic (exact) mass is 316 g/mol. The summed E-state index contributed by atoms with van der Waals surface area (Å²) in [6, 6.07) is 6.02. The highest BCUT2D eigenvalue weighted by Gasteiger charge is 2.26. The summed E-state index contributed by atoms with van der Waals surface area (Å²) in [7, 11) is 0. The van der Waals surface area contributed by atoms with E-state index in [2.05, 4.69) is 6.92 Å². The van der Waals surface area contributed by atoms with E-state index in [0.29, 0.717) is 12.5 Å². The van der Waals surface area contributed by atoms with Gasteiger partial charge >= 0.3 is 6.18 Å². The van der Waals surface area contributed by atoms with Crippen molar-refractivity contribution in [3.63, 3.8) is 0 Å². The second-order valence-corrected chi connectivity index (χ2v) is 5.71. The van der Waals surface area contributed by atoms with Gasteiger partial charge in [0.05, 0.1) is 18.8 Å². The standard InChI is InChI=1S/C17H20F4O/c1-2-3-12-4-9-16(22-11-12)14-7-5-13(6-8-14)15(18)10-17(19,20)21/h5-8,10,12,16H,2-4,9,11H2,1H3. The largest absolute Gasteiger partial charge is 0.412 e. The van der Waals surface area contributed by atoms with Crippen LogP contribution in [0.1, 0.15) is 49.8 Å². The summed E-state index contributed by atoms with van der Waals surface area (Å²) in [6.07, 6.45) is -0.750. The van der Waals surface area contributed by atoms with Gasteiger partial charge < -0.3 is 4.74 Å². The minimum absolute atomic E-state index is 0.0446. The number of hydrogen-bond donors (Lipinski definition) is 0. The fourth-order valence-electron chi connectivity index (χ4n) is 2.79. The first-order valence-electron chi connectivity index (χ1n) is 7.56. The molecule has 1 nitrogen and oxygen atoms in total. The number of halogens is 4. The fourth-order valence-corrected chi connectivity index (χ4v) is 2.79. The summed E-state index contributed by atoms with van der Waals surface area (Å²) in [5, 5.41) is 0. The van der Waals surface area contributed by atoms with Gasteiger partial charge in [0, 0.05) is 5.56 Å². The number of rotatable bonds is 4. The lowest BCUT2D eigenvalue weighted by Crippen LogP contribution is -2.20. The van der Waals surface area contributed by atoms with Gasteiger partial charge in [0.1, 0.15) is 5.83 Å². The zero-order valence-electron chi connectivity index (χ0n) is 12.5. The van der Waals surface area contributed by atoms with E-state index in [4.69, 9.17) is 4.74 Å². The zero-order chi connectivity index (χ0) is 16.2. The Morgan fingerprint density at radius 3 is 2.41 bits per heavy atom. The van der Waals surface area contributed by atoms with Crippen LogP contribution in [0.5, 0.6) is 0 Å². The molecule has 1 aromatic carbocycles. The number of ether oxygens (including phenoxy) is 1. The molecule has 0 bridgehead atoms. The van der Waals surface area contributed by atoms with Gasteiger partial charge in [0.15, 0.2) is 0 Å². The van der Waals surface area contributed by atoms with Crippen molar-refractivity contribution in [2.45, 2.75) is 44.9 Å². The van der Waals surface area contributed by atoms with Crippen LogP contribution < -0.4 is 0 Å². The summed E-state index contributed by atoms with van der Waals surface area (Å²) in [5.74, 6) is -0.681. The highest BCUT2D eigenvalue weighted by atomic mass is 19.4. The van der Waals surface area contributed by atoms with E-state index >= 15 is 0 Å². The van der Waals surface area contributed by atoms with Gasteiger partial charge in [0.2, 0.25) is 0 Å². The molecule has 0 radical (unpaired) electrons. The minimum Gasteiger partial charge on any atom is -0.373 e. The maximum atomic E-state index is 13.5. The van der Waals surface area contributed by atoms with Gasteiger partial charge in [-0.15, -0.1) is 0 Å². The summed E-state index contributed by atoms with van der Waals surface area (Å²) >= 11 is 0. The molecule has 0 amide bonds. The van der Waals surface area contributed by atoms with Crippen molar-refractivity contribution in [2.75, 3.05) is 6.61 Å². The minimum atomic E-state index is -4.65. The van der Waals surface area contributed by atoms with E-state index < -0.39 is 12.0 Å². The van der Waals surface area contributed by atoms with Crippen molar-refractivity contribution in [1.82, 2.24) is 0 Å². The molecule has 122 valence electrons. The second-order valence-electron chi connectivity index (χ2n) is 5.71. The predicted molar refractivity (Wildman–Crippen MR) is 77.9 cm³/mol. The summed E-state index contributed by atoms with van der Waals surface area (Å²) in [6.45, 7) is 2.86. The first kappa shape index (κ1) is 17.0. The molecular formula is C17H20F4O. The van der Waals surface area contributed by atoms with Crippen LogP contribution in [-0.4, -0.2) is 12.8 Å². The molecule has 1 saturated heterocycles. The Hall–Kier alpha value is -1.36. The van der Waals surface area contributed by atoms with Crippen molar-refractivity contribution >= 4 is 5.83 Å². The summed E-state index contributed by atoms with van der Waals surface area (Å²) < 4.78 is 55.6. The van der Waals surface area contributed by atoms with Crippen LogP contribution >= 0.6 is 0 Å². The lowest BCUT2D eigenvalue weighted by molar-refractivity contribution is -0.0798. The van der Waals surface area contributed by atoms with Crippen molar-refractivity contribution in [3.8, 4) is 0 Å². The Balaban J connectivity index is 2.00. The molecule has 1 heterocycles. The van der Waals surface area contributed by atoms with Crippen molar-refractivity contribution in [2.24, 2.45) is 5.92 Å². The van der Waals surface area contributed by atoms with Crippen LogP contribution in [0.3, 0.4) is 0 Å². The molecule has 22 heavy (non-hydrogen) atoms. The average Bonchev–Trinajstić information content (AvgIpc) is 2.47. The first-order chi connectivity index (χ1) is 10.4. The van der Waals surface area contributed by atoms with Crippen LogP contribution in [0.4, 0.5) is 17.6 Å². The van der Waals surface area contributed by atoms with Crippen LogP contribution in [0.2, 0.25) is 0 Å². The molecule has 1 aromatic rings. The quantitative estimate of drug-likeness (QED) is 0.635. The average molecular weight is 316 g/mol. The van der Waals surface area contributed by atoms with Gasteiger partial charge in [-0.2, -0.15) is 13.2 Å². The summed E-state index contributed by atoms with van der Waals surface area (Å²) in [5.41, 5.74) is 0.819. The van der Waals surface area contributed by atoms with E-state index in [0.717, 1.165) is 31.2 Å². The Morgan fingerprint density at radius 2 is 1.91 bits per heavy atom. The Labute approximate surface area is 128 Å². The maximum absolute atomic E-state index is 13.5. The van der Waals surface area contributed by atoms with Gasteiger partial charge in [-0.1, -0.05) is 37.6 Å². The molecule has 0 N–H and O–H groups in total. The smallest absolute Gasteiger partial charge is 0.373 e. The lowest BCUT2D eigenvalue weighted by atomic mass is 9.91. The van der Waals surface area contributed by atoms with Crippen molar-refractivity contribution < 1.29 is 22.3 Å². The highest BCUT2D eigenvalue weighted by Crippen LogP contribution is 2.33. The number of allylic oxidation sites excluding steroid dienone is 1. The van der Waals surface area contributed by atoms with E-state index in [1.165, 1.54) is 12.1 Å². The van der Waals surface area contributed by atoms with Crippen molar-refractivity contribution in [3.05, 3.63) is 41.5 Å². The highest BCUT2D eigenvalue weighted by molar-refractivity contribution is 5.59. The molecule has 5 heteroatoms. The Kier molecular flexibility index (Phi) is 5.62. The SMILES string of the molecule is CCCC1CCC(c2ccc(C(F)=CC(F)(F)F)cc2)OC1. The number of hydrogen-bond acceptors (Lipinski definition) is 1. The van der Waals surface area contributed by atoms with E-state index in [1.807, 2.05) is 0 Å².